The van der Waals surface area contributed by atoms with Crippen LogP contribution in [0.1, 0.15) is 47.2 Å². The molecule has 0 saturated carbocycles. The Bertz CT molecular complexity index is 1740. The molecule has 1 aromatic heterocycles. The molecular formula is C34H36N4O6. The summed E-state index contributed by atoms with van der Waals surface area (Å²) >= 11 is 0. The number of esters is 1. The van der Waals surface area contributed by atoms with Gasteiger partial charge >= 0.3 is 12.1 Å². The number of benzene rings is 3. The predicted octanol–water partition coefficient (Wildman–Crippen LogP) is 5.38. The van der Waals surface area contributed by atoms with E-state index in [0.717, 1.165) is 33.2 Å². The lowest BCUT2D eigenvalue weighted by Gasteiger charge is -2.30. The summed E-state index contributed by atoms with van der Waals surface area (Å²) in [4.78, 5) is 56.3. The number of carbonyl (C=O) groups is 3. The van der Waals surface area contributed by atoms with Crippen molar-refractivity contribution in [2.75, 3.05) is 30.4 Å². The van der Waals surface area contributed by atoms with Crippen molar-refractivity contribution < 1.29 is 23.9 Å². The van der Waals surface area contributed by atoms with E-state index in [2.05, 4.69) is 15.6 Å². The summed E-state index contributed by atoms with van der Waals surface area (Å²) in [7, 11) is 0. The number of hydrogen-bond acceptors (Lipinski definition) is 7. The number of nitrogens with one attached hydrogen (secondary N) is 3. The summed E-state index contributed by atoms with van der Waals surface area (Å²) in [5.41, 5.74) is 5.33. The number of aryl methyl sites for hydroxylation is 2. The number of ether oxygens (including phenoxy) is 2. The van der Waals surface area contributed by atoms with Gasteiger partial charge in [-0.15, -0.1) is 0 Å². The minimum atomic E-state index is -0.837. The first-order valence-electron chi connectivity index (χ1n) is 14.7. The number of nitrogens with zero attached hydrogens (tertiary/aromatic N) is 1. The van der Waals surface area contributed by atoms with Crippen LogP contribution >= 0.6 is 0 Å². The molecule has 2 aliphatic heterocycles. The standard InChI is InChI=1S/C34H36N4O6/c1-4-43-30(39)11-14-38-20-23-6-5-7-26(18-23)37-34(42)44-15-12-28-21(2)16-25(17-22(28)3)31(33(38)41)36-27-9-8-24-10-13-35-32(40)29(24)19-27/h5-10,13,16-19,31,36H,4,11-12,14-15,20H2,1-3H3,(H,35,40)(H,37,42)/t31-/m1/s1. The van der Waals surface area contributed by atoms with Crippen molar-refractivity contribution >= 4 is 40.1 Å². The SMILES string of the molecule is CCOC(=O)CCN1Cc2cccc(c2)NC(=O)OCCc2c(C)cc(cc2C)[C@@H](Nc2ccc3cc[nH]c(=O)c3c2)C1=O. The lowest BCUT2D eigenvalue weighted by Crippen LogP contribution is -2.39. The number of amides is 2. The van der Waals surface area contributed by atoms with E-state index < -0.39 is 18.1 Å². The molecule has 0 unspecified atom stereocenters. The van der Waals surface area contributed by atoms with Crippen LogP contribution in [0.15, 0.2) is 71.7 Å². The Morgan fingerprint density at radius 2 is 1.84 bits per heavy atom. The van der Waals surface area contributed by atoms with Crippen molar-refractivity contribution in [3.05, 3.63) is 105 Å². The number of rotatable bonds is 6. The van der Waals surface area contributed by atoms with E-state index in [1.54, 1.807) is 42.3 Å². The van der Waals surface area contributed by atoms with Gasteiger partial charge in [-0.1, -0.05) is 30.3 Å². The summed E-state index contributed by atoms with van der Waals surface area (Å²) in [6.45, 7) is 6.40. The molecular weight excluding hydrogens is 560 g/mol. The van der Waals surface area contributed by atoms with Gasteiger partial charge in [0, 0.05) is 42.5 Å². The number of hydrogen-bond donors (Lipinski definition) is 3. The number of fused-ring (bicyclic) bond motifs is 10. The smallest absolute Gasteiger partial charge is 0.411 e. The first kappa shape index (κ1) is 30.3. The molecule has 228 valence electrons. The molecule has 2 amide bonds. The summed E-state index contributed by atoms with van der Waals surface area (Å²) in [5.74, 6) is -0.660. The highest BCUT2D eigenvalue weighted by atomic mass is 16.5. The maximum atomic E-state index is 14.6. The van der Waals surface area contributed by atoms with Crippen molar-refractivity contribution in [3.63, 3.8) is 0 Å². The van der Waals surface area contributed by atoms with Crippen molar-refractivity contribution in [2.24, 2.45) is 0 Å². The highest BCUT2D eigenvalue weighted by Gasteiger charge is 2.28. The van der Waals surface area contributed by atoms with E-state index in [0.29, 0.717) is 23.2 Å². The molecule has 3 heterocycles. The molecule has 6 rings (SSSR count). The van der Waals surface area contributed by atoms with Crippen LogP contribution in [-0.4, -0.2) is 47.6 Å². The number of carbonyl (C=O) groups excluding carboxylic acids is 3. The quantitative estimate of drug-likeness (QED) is 0.255. The van der Waals surface area contributed by atoms with Gasteiger partial charge in [0.05, 0.1) is 19.6 Å². The Kier molecular flexibility index (Phi) is 9.28. The van der Waals surface area contributed by atoms with E-state index in [4.69, 9.17) is 9.47 Å². The van der Waals surface area contributed by atoms with E-state index in [-0.39, 0.29) is 44.2 Å². The Morgan fingerprint density at radius 1 is 1.05 bits per heavy atom. The number of aromatic amines is 1. The van der Waals surface area contributed by atoms with Crippen LogP contribution in [0.5, 0.6) is 0 Å². The zero-order chi connectivity index (χ0) is 31.2. The van der Waals surface area contributed by atoms with Crippen LogP contribution in [0.25, 0.3) is 10.8 Å². The molecule has 0 radical (unpaired) electrons. The molecule has 4 bridgehead atoms. The van der Waals surface area contributed by atoms with Gasteiger partial charge in [-0.3, -0.25) is 19.7 Å². The maximum absolute atomic E-state index is 14.6. The molecule has 10 heteroatoms. The largest absolute Gasteiger partial charge is 0.466 e. The summed E-state index contributed by atoms with van der Waals surface area (Å²) in [6, 6.07) is 17.5. The first-order chi connectivity index (χ1) is 21.2. The van der Waals surface area contributed by atoms with Crippen LogP contribution in [0, 0.1) is 13.8 Å². The van der Waals surface area contributed by atoms with E-state index in [9.17, 15) is 19.2 Å². The van der Waals surface area contributed by atoms with Crippen LogP contribution in [0.2, 0.25) is 0 Å². The molecule has 0 saturated heterocycles. The normalized spacial score (nSPS) is 15.5. The Balaban J connectivity index is 1.60. The van der Waals surface area contributed by atoms with Gasteiger partial charge in [0.25, 0.3) is 5.56 Å². The zero-order valence-electron chi connectivity index (χ0n) is 25.1. The van der Waals surface area contributed by atoms with Gasteiger partial charge in [0.1, 0.15) is 6.04 Å². The van der Waals surface area contributed by atoms with Gasteiger partial charge in [0.15, 0.2) is 0 Å². The predicted molar refractivity (Wildman–Crippen MR) is 169 cm³/mol. The maximum Gasteiger partial charge on any atom is 0.411 e. The molecule has 0 spiro atoms. The molecule has 44 heavy (non-hydrogen) atoms. The monoisotopic (exact) mass is 596 g/mol. The average Bonchev–Trinajstić information content (AvgIpc) is 2.99. The minimum Gasteiger partial charge on any atom is -0.466 e. The fourth-order valence-corrected chi connectivity index (χ4v) is 5.59. The third-order valence-electron chi connectivity index (χ3n) is 7.72. The Labute approximate surface area is 255 Å². The molecule has 4 aromatic rings. The van der Waals surface area contributed by atoms with E-state index in [1.807, 2.05) is 50.2 Å². The lowest BCUT2D eigenvalue weighted by atomic mass is 9.93. The fourth-order valence-electron chi connectivity index (χ4n) is 5.59. The van der Waals surface area contributed by atoms with Crippen LogP contribution in [0.4, 0.5) is 16.2 Å². The second kappa shape index (κ2) is 13.5. The van der Waals surface area contributed by atoms with Crippen LogP contribution in [-0.2, 0) is 32.0 Å². The van der Waals surface area contributed by atoms with Gasteiger partial charge in [0.2, 0.25) is 5.91 Å². The van der Waals surface area contributed by atoms with Crippen molar-refractivity contribution in [2.45, 2.75) is 46.2 Å². The van der Waals surface area contributed by atoms with Gasteiger partial charge < -0.3 is 24.7 Å². The third-order valence-corrected chi connectivity index (χ3v) is 7.72. The molecule has 2 aliphatic rings. The summed E-state index contributed by atoms with van der Waals surface area (Å²) in [6.07, 6.45) is 1.56. The first-order valence-corrected chi connectivity index (χ1v) is 14.7. The average molecular weight is 597 g/mol. The molecule has 3 N–H and O–H groups in total. The van der Waals surface area contributed by atoms with Gasteiger partial charge in [-0.05, 0) is 84.3 Å². The van der Waals surface area contributed by atoms with Gasteiger partial charge in [-0.25, -0.2) is 4.79 Å². The fraction of sp³-hybridized carbons (Fsp3) is 0.294. The van der Waals surface area contributed by atoms with Crippen molar-refractivity contribution in [3.8, 4) is 0 Å². The number of H-pyrrole nitrogens is 1. The minimum absolute atomic E-state index is 0.0128. The van der Waals surface area contributed by atoms with Gasteiger partial charge in [-0.2, -0.15) is 0 Å². The lowest BCUT2D eigenvalue weighted by molar-refractivity contribution is -0.144. The third kappa shape index (κ3) is 7.08. The Hall–Kier alpha value is -5.12. The Morgan fingerprint density at radius 3 is 2.61 bits per heavy atom. The highest BCUT2D eigenvalue weighted by molar-refractivity contribution is 5.89. The van der Waals surface area contributed by atoms with Crippen LogP contribution < -0.4 is 16.2 Å². The molecule has 0 aliphatic carbocycles. The van der Waals surface area contributed by atoms with E-state index in [1.165, 1.54) is 0 Å². The highest BCUT2D eigenvalue weighted by Crippen LogP contribution is 2.29. The molecule has 0 fully saturated rings. The van der Waals surface area contributed by atoms with Crippen molar-refractivity contribution in [1.82, 2.24) is 9.88 Å². The zero-order valence-corrected chi connectivity index (χ0v) is 25.1. The molecule has 3 aromatic carbocycles. The second-order valence-electron chi connectivity index (χ2n) is 10.8. The van der Waals surface area contributed by atoms with Crippen LogP contribution in [0.3, 0.4) is 0 Å². The number of aromatic nitrogens is 1. The summed E-state index contributed by atoms with van der Waals surface area (Å²) in [5, 5.41) is 7.44. The summed E-state index contributed by atoms with van der Waals surface area (Å²) < 4.78 is 10.6. The second-order valence-corrected chi connectivity index (χ2v) is 10.8. The number of anilines is 2. The molecule has 1 atom stereocenters. The number of pyridine rings is 1. The topological polar surface area (TPSA) is 130 Å². The molecule has 10 nitrogen and oxygen atoms in total. The van der Waals surface area contributed by atoms with E-state index >= 15 is 0 Å². The van der Waals surface area contributed by atoms with Crippen molar-refractivity contribution in [1.29, 1.82) is 0 Å².